The van der Waals surface area contributed by atoms with Gasteiger partial charge in [0.1, 0.15) is 5.41 Å². The Morgan fingerprint density at radius 3 is 2.33 bits per heavy atom. The Bertz CT molecular complexity index is 816. The topological polar surface area (TPSA) is 77.9 Å². The molecule has 1 saturated carbocycles. The van der Waals surface area contributed by atoms with Gasteiger partial charge in [0.05, 0.1) is 0 Å². The van der Waals surface area contributed by atoms with E-state index in [4.69, 9.17) is 0 Å². The lowest BCUT2D eigenvalue weighted by atomic mass is 9.81. The van der Waals surface area contributed by atoms with Crippen LogP contribution in [0, 0.1) is 31.1 Å². The smallest absolute Gasteiger partial charge is 0.313 e. The Morgan fingerprint density at radius 1 is 1.07 bits per heavy atom. The maximum Gasteiger partial charge on any atom is 0.313 e. The first-order valence-electron chi connectivity index (χ1n) is 9.71. The average molecular weight is 370 g/mol. The van der Waals surface area contributed by atoms with Crippen molar-refractivity contribution in [3.63, 3.8) is 0 Å². The summed E-state index contributed by atoms with van der Waals surface area (Å²) in [6.07, 6.45) is 2.91. The number of carbonyl (C=O) groups excluding carboxylic acids is 2. The molecule has 6 nitrogen and oxygen atoms in total. The molecule has 2 aliphatic heterocycles. The summed E-state index contributed by atoms with van der Waals surface area (Å²) in [4.78, 5) is 41.2. The van der Waals surface area contributed by atoms with Gasteiger partial charge in [0, 0.05) is 43.6 Å². The summed E-state index contributed by atoms with van der Waals surface area (Å²) in [5, 5.41) is 9.98. The fourth-order valence-electron chi connectivity index (χ4n) is 4.76. The van der Waals surface area contributed by atoms with E-state index in [0.717, 1.165) is 30.4 Å². The molecule has 3 aliphatic rings. The summed E-state index contributed by atoms with van der Waals surface area (Å²) in [5.41, 5.74) is 1.58. The van der Waals surface area contributed by atoms with Crippen molar-refractivity contribution in [3.05, 3.63) is 34.9 Å². The molecule has 2 heterocycles. The van der Waals surface area contributed by atoms with Gasteiger partial charge < -0.3 is 14.9 Å². The first-order chi connectivity index (χ1) is 12.8. The SMILES string of the molecule is Cc1cccc(C(=O)N2C[C@H]3CN(C(=O)C4CCC4)C[C@@]3(C(=O)O)C2)c1C. The summed E-state index contributed by atoms with van der Waals surface area (Å²) in [6.45, 7) is 5.12. The van der Waals surface area contributed by atoms with Gasteiger partial charge >= 0.3 is 5.97 Å². The second-order valence-electron chi connectivity index (χ2n) is 8.44. The molecule has 144 valence electrons. The zero-order valence-corrected chi connectivity index (χ0v) is 15.9. The third-order valence-electron chi connectivity index (χ3n) is 6.92. The summed E-state index contributed by atoms with van der Waals surface area (Å²) in [5.74, 6) is -1.03. The number of hydrogen-bond donors (Lipinski definition) is 1. The van der Waals surface area contributed by atoms with Crippen LogP contribution in [0.15, 0.2) is 18.2 Å². The van der Waals surface area contributed by atoms with Crippen LogP contribution in [0.3, 0.4) is 0 Å². The molecule has 2 saturated heterocycles. The lowest BCUT2D eigenvalue weighted by Gasteiger charge is -2.31. The number of aryl methyl sites for hydroxylation is 1. The highest BCUT2D eigenvalue weighted by Gasteiger charge is 2.59. The standard InChI is InChI=1S/C21H26N2O4/c1-13-5-3-8-17(14(13)2)19(25)23-10-16-9-22(18(24)15-6-4-7-15)11-21(16,12-23)20(26)27/h3,5,8,15-16H,4,6-7,9-12H2,1-2H3,(H,26,27)/t16-,21-/m1/s1. The van der Waals surface area contributed by atoms with Crippen LogP contribution in [-0.2, 0) is 9.59 Å². The normalized spacial score (nSPS) is 27.4. The molecule has 0 aromatic heterocycles. The van der Waals surface area contributed by atoms with Gasteiger partial charge in [-0.3, -0.25) is 14.4 Å². The molecule has 2 atom stereocenters. The van der Waals surface area contributed by atoms with Crippen LogP contribution in [0.25, 0.3) is 0 Å². The fraction of sp³-hybridized carbons (Fsp3) is 0.571. The molecule has 0 spiro atoms. The molecule has 1 aromatic carbocycles. The van der Waals surface area contributed by atoms with Gasteiger partial charge in [-0.15, -0.1) is 0 Å². The summed E-state index contributed by atoms with van der Waals surface area (Å²) < 4.78 is 0. The van der Waals surface area contributed by atoms with E-state index in [1.54, 1.807) is 15.9 Å². The molecule has 6 heteroatoms. The first-order valence-corrected chi connectivity index (χ1v) is 9.71. The molecule has 0 bridgehead atoms. The Labute approximate surface area is 159 Å². The van der Waals surface area contributed by atoms with E-state index in [-0.39, 0.29) is 36.7 Å². The minimum absolute atomic E-state index is 0.0716. The molecule has 4 rings (SSSR count). The van der Waals surface area contributed by atoms with Crippen molar-refractivity contribution in [2.45, 2.75) is 33.1 Å². The number of carbonyl (C=O) groups is 3. The van der Waals surface area contributed by atoms with Crippen LogP contribution in [0.4, 0.5) is 0 Å². The summed E-state index contributed by atoms with van der Waals surface area (Å²) in [6, 6.07) is 5.63. The van der Waals surface area contributed by atoms with Crippen molar-refractivity contribution in [1.29, 1.82) is 0 Å². The molecular formula is C21H26N2O4. The molecule has 0 unspecified atom stereocenters. The first kappa shape index (κ1) is 18.0. The van der Waals surface area contributed by atoms with Gasteiger partial charge in [0.2, 0.25) is 5.91 Å². The van der Waals surface area contributed by atoms with Crippen molar-refractivity contribution >= 4 is 17.8 Å². The number of rotatable bonds is 3. The van der Waals surface area contributed by atoms with Crippen molar-refractivity contribution in [1.82, 2.24) is 9.80 Å². The Balaban J connectivity index is 1.54. The average Bonchev–Trinajstić information content (AvgIpc) is 3.10. The van der Waals surface area contributed by atoms with E-state index in [2.05, 4.69) is 0 Å². The van der Waals surface area contributed by atoms with Crippen molar-refractivity contribution < 1.29 is 19.5 Å². The molecular weight excluding hydrogens is 344 g/mol. The molecule has 1 N–H and O–H groups in total. The van der Waals surface area contributed by atoms with Crippen LogP contribution in [-0.4, -0.2) is 58.9 Å². The Kier molecular flexibility index (Phi) is 4.24. The molecule has 3 fully saturated rings. The van der Waals surface area contributed by atoms with E-state index in [1.807, 2.05) is 26.0 Å². The van der Waals surface area contributed by atoms with E-state index in [1.165, 1.54) is 0 Å². The van der Waals surface area contributed by atoms with Gasteiger partial charge in [-0.05, 0) is 43.9 Å². The van der Waals surface area contributed by atoms with E-state index in [0.29, 0.717) is 18.7 Å². The monoisotopic (exact) mass is 370 g/mol. The molecule has 27 heavy (non-hydrogen) atoms. The number of fused-ring (bicyclic) bond motifs is 1. The van der Waals surface area contributed by atoms with Crippen LogP contribution < -0.4 is 0 Å². The summed E-state index contributed by atoms with van der Waals surface area (Å²) in [7, 11) is 0. The number of hydrogen-bond acceptors (Lipinski definition) is 3. The number of nitrogens with zero attached hydrogens (tertiary/aromatic N) is 2. The Hall–Kier alpha value is -2.37. The Morgan fingerprint density at radius 2 is 1.74 bits per heavy atom. The number of carboxylic acid groups (broad SMARTS) is 1. The van der Waals surface area contributed by atoms with Crippen LogP contribution in [0.5, 0.6) is 0 Å². The minimum atomic E-state index is -1.03. The van der Waals surface area contributed by atoms with Gasteiger partial charge in [0.25, 0.3) is 5.91 Å². The highest BCUT2D eigenvalue weighted by atomic mass is 16.4. The number of likely N-dealkylation sites (tertiary alicyclic amines) is 2. The quantitative estimate of drug-likeness (QED) is 0.884. The van der Waals surface area contributed by atoms with Gasteiger partial charge in [-0.2, -0.15) is 0 Å². The molecule has 0 radical (unpaired) electrons. The van der Waals surface area contributed by atoms with Crippen LogP contribution in [0.1, 0.15) is 40.7 Å². The van der Waals surface area contributed by atoms with Gasteiger partial charge in [-0.25, -0.2) is 0 Å². The molecule has 1 aliphatic carbocycles. The van der Waals surface area contributed by atoms with E-state index in [9.17, 15) is 19.5 Å². The number of amides is 2. The molecule has 1 aromatic rings. The number of carboxylic acids is 1. The lowest BCUT2D eigenvalue weighted by molar-refractivity contribution is -0.149. The maximum atomic E-state index is 13.0. The lowest BCUT2D eigenvalue weighted by Crippen LogP contribution is -2.45. The molecule has 2 amide bonds. The van der Waals surface area contributed by atoms with Gasteiger partial charge in [0.15, 0.2) is 0 Å². The largest absolute Gasteiger partial charge is 0.481 e. The van der Waals surface area contributed by atoms with Crippen LogP contribution in [0.2, 0.25) is 0 Å². The van der Waals surface area contributed by atoms with E-state index >= 15 is 0 Å². The van der Waals surface area contributed by atoms with Crippen molar-refractivity contribution in [2.75, 3.05) is 26.2 Å². The maximum absolute atomic E-state index is 13.0. The highest BCUT2D eigenvalue weighted by molar-refractivity contribution is 5.97. The minimum Gasteiger partial charge on any atom is -0.481 e. The fourth-order valence-corrected chi connectivity index (χ4v) is 4.76. The summed E-state index contributed by atoms with van der Waals surface area (Å²) >= 11 is 0. The predicted molar refractivity (Wildman–Crippen MR) is 99.3 cm³/mol. The highest BCUT2D eigenvalue weighted by Crippen LogP contribution is 2.44. The van der Waals surface area contributed by atoms with E-state index < -0.39 is 11.4 Å². The number of aliphatic carboxylic acids is 1. The van der Waals surface area contributed by atoms with Crippen LogP contribution >= 0.6 is 0 Å². The third-order valence-corrected chi connectivity index (χ3v) is 6.92. The third kappa shape index (κ3) is 2.73. The predicted octanol–water partition coefficient (Wildman–Crippen LogP) is 2.09. The number of benzene rings is 1. The zero-order valence-electron chi connectivity index (χ0n) is 15.9. The second-order valence-corrected chi connectivity index (χ2v) is 8.44. The second kappa shape index (κ2) is 6.36. The zero-order chi connectivity index (χ0) is 19.3. The van der Waals surface area contributed by atoms with Crippen molar-refractivity contribution in [2.24, 2.45) is 17.3 Å². The van der Waals surface area contributed by atoms with Gasteiger partial charge in [-0.1, -0.05) is 18.6 Å². The van der Waals surface area contributed by atoms with Crippen molar-refractivity contribution in [3.8, 4) is 0 Å².